The molecule has 5 nitrogen and oxygen atoms in total. The molecular formula is C8H19N3O2. The van der Waals surface area contributed by atoms with Gasteiger partial charge in [0.2, 0.25) is 0 Å². The molecule has 0 saturated heterocycles. The molecule has 0 atom stereocenters. The van der Waals surface area contributed by atoms with E-state index in [1.165, 1.54) is 0 Å². The summed E-state index contributed by atoms with van der Waals surface area (Å²) >= 11 is 0. The van der Waals surface area contributed by atoms with Gasteiger partial charge in [0.15, 0.2) is 0 Å². The minimum Gasteiger partial charge on any atom is -0.481 e. The maximum absolute atomic E-state index is 9.00. The van der Waals surface area contributed by atoms with Crippen molar-refractivity contribution in [3.8, 4) is 0 Å². The maximum atomic E-state index is 9.00. The Kier molecular flexibility index (Phi) is 9.48. The van der Waals surface area contributed by atoms with Gasteiger partial charge in [-0.05, 0) is 13.8 Å². The highest BCUT2D eigenvalue weighted by Gasteiger charge is 1.89. The van der Waals surface area contributed by atoms with Crippen LogP contribution in [-0.2, 0) is 4.79 Å². The van der Waals surface area contributed by atoms with Crippen LogP contribution in [0.15, 0.2) is 12.0 Å². The van der Waals surface area contributed by atoms with E-state index in [1.54, 1.807) is 6.20 Å². The minimum absolute atomic E-state index is 0.374. The Morgan fingerprint density at radius 3 is 1.77 bits per heavy atom. The van der Waals surface area contributed by atoms with Crippen molar-refractivity contribution in [3.63, 3.8) is 0 Å². The molecule has 5 heteroatoms. The number of rotatable bonds is 3. The first-order valence-electron chi connectivity index (χ1n) is 4.10. The van der Waals surface area contributed by atoms with Gasteiger partial charge in [0.1, 0.15) is 5.82 Å². The average molecular weight is 189 g/mol. The van der Waals surface area contributed by atoms with Crippen LogP contribution in [0.5, 0.6) is 0 Å². The predicted octanol–water partition coefficient (Wildman–Crippen LogP) is 0.135. The molecule has 0 rings (SSSR count). The standard InChI is InChI=1S/C6H15N3.C2H4O2/c1-3-9(4-2)5-6(7)8;1-2(3)4/h5H,3-4,7-8H2,1-2H3;1H3,(H,3,4). The lowest BCUT2D eigenvalue weighted by molar-refractivity contribution is -0.134. The van der Waals surface area contributed by atoms with E-state index in [1.807, 2.05) is 4.90 Å². The fourth-order valence-corrected chi connectivity index (χ4v) is 0.617. The van der Waals surface area contributed by atoms with Crippen molar-refractivity contribution in [3.05, 3.63) is 12.0 Å². The van der Waals surface area contributed by atoms with Crippen molar-refractivity contribution in [1.29, 1.82) is 0 Å². The third-order valence-corrected chi connectivity index (χ3v) is 1.14. The monoisotopic (exact) mass is 189 g/mol. The molecule has 0 aromatic rings. The van der Waals surface area contributed by atoms with Crippen molar-refractivity contribution in [2.75, 3.05) is 13.1 Å². The topological polar surface area (TPSA) is 92.6 Å². The number of carboxylic acids is 1. The molecular weight excluding hydrogens is 170 g/mol. The fourth-order valence-electron chi connectivity index (χ4n) is 0.617. The second-order valence-corrected chi connectivity index (χ2v) is 2.37. The number of aliphatic carboxylic acids is 1. The summed E-state index contributed by atoms with van der Waals surface area (Å²) in [5.74, 6) is -0.460. The number of carbonyl (C=O) groups is 1. The van der Waals surface area contributed by atoms with Crippen LogP contribution in [0.1, 0.15) is 20.8 Å². The van der Waals surface area contributed by atoms with Crippen LogP contribution >= 0.6 is 0 Å². The highest BCUT2D eigenvalue weighted by Crippen LogP contribution is 1.86. The van der Waals surface area contributed by atoms with Crippen molar-refractivity contribution in [1.82, 2.24) is 4.90 Å². The van der Waals surface area contributed by atoms with E-state index in [2.05, 4.69) is 13.8 Å². The number of nitrogens with two attached hydrogens (primary N) is 2. The van der Waals surface area contributed by atoms with Gasteiger partial charge < -0.3 is 21.5 Å². The number of carboxylic acid groups (broad SMARTS) is 1. The second-order valence-electron chi connectivity index (χ2n) is 2.37. The van der Waals surface area contributed by atoms with Gasteiger partial charge in [0, 0.05) is 26.2 Å². The van der Waals surface area contributed by atoms with Gasteiger partial charge in [0.25, 0.3) is 5.97 Å². The summed E-state index contributed by atoms with van der Waals surface area (Å²) in [6.07, 6.45) is 1.75. The van der Waals surface area contributed by atoms with Crippen LogP contribution in [0.2, 0.25) is 0 Å². The molecule has 0 radical (unpaired) electrons. The Morgan fingerprint density at radius 1 is 1.38 bits per heavy atom. The van der Waals surface area contributed by atoms with Gasteiger partial charge in [-0.15, -0.1) is 0 Å². The van der Waals surface area contributed by atoms with Crippen molar-refractivity contribution in [2.45, 2.75) is 20.8 Å². The molecule has 0 fully saturated rings. The lowest BCUT2D eigenvalue weighted by atomic mass is 10.5. The van der Waals surface area contributed by atoms with Crippen LogP contribution in [-0.4, -0.2) is 29.1 Å². The zero-order chi connectivity index (χ0) is 10.9. The third kappa shape index (κ3) is 18.0. The Labute approximate surface area is 79.0 Å². The highest BCUT2D eigenvalue weighted by atomic mass is 16.4. The molecule has 13 heavy (non-hydrogen) atoms. The van der Waals surface area contributed by atoms with Gasteiger partial charge in [0.05, 0.1) is 0 Å². The molecule has 0 saturated carbocycles. The smallest absolute Gasteiger partial charge is 0.300 e. The van der Waals surface area contributed by atoms with Crippen LogP contribution in [0.25, 0.3) is 0 Å². The summed E-state index contributed by atoms with van der Waals surface area (Å²) in [6.45, 7) is 7.11. The molecule has 0 aliphatic carbocycles. The number of hydrogen-bond donors (Lipinski definition) is 3. The predicted molar refractivity (Wildman–Crippen MR) is 52.7 cm³/mol. The van der Waals surface area contributed by atoms with E-state index in [9.17, 15) is 0 Å². The number of nitrogens with zero attached hydrogens (tertiary/aromatic N) is 1. The molecule has 0 aliphatic rings. The van der Waals surface area contributed by atoms with Gasteiger partial charge in [-0.1, -0.05) is 0 Å². The molecule has 0 unspecified atom stereocenters. The molecule has 0 bridgehead atoms. The Morgan fingerprint density at radius 2 is 1.69 bits per heavy atom. The Bertz CT molecular complexity index is 157. The quantitative estimate of drug-likeness (QED) is 0.587. The average Bonchev–Trinajstić information content (AvgIpc) is 1.98. The van der Waals surface area contributed by atoms with E-state index in [-0.39, 0.29) is 0 Å². The largest absolute Gasteiger partial charge is 0.481 e. The molecule has 0 heterocycles. The molecule has 0 spiro atoms. The maximum Gasteiger partial charge on any atom is 0.300 e. The lowest BCUT2D eigenvalue weighted by Crippen LogP contribution is -2.20. The Hall–Kier alpha value is -1.39. The summed E-state index contributed by atoms with van der Waals surface area (Å²) < 4.78 is 0. The normalized spacial score (nSPS) is 7.92. The third-order valence-electron chi connectivity index (χ3n) is 1.14. The summed E-state index contributed by atoms with van der Waals surface area (Å²) in [7, 11) is 0. The first-order chi connectivity index (χ1) is 5.93. The van der Waals surface area contributed by atoms with E-state index in [4.69, 9.17) is 21.4 Å². The molecule has 0 aliphatic heterocycles. The van der Waals surface area contributed by atoms with E-state index in [0.29, 0.717) is 5.82 Å². The van der Waals surface area contributed by atoms with E-state index in [0.717, 1.165) is 20.0 Å². The van der Waals surface area contributed by atoms with Crippen LogP contribution in [0, 0.1) is 0 Å². The van der Waals surface area contributed by atoms with Gasteiger partial charge in [-0.3, -0.25) is 4.79 Å². The molecule has 0 aromatic carbocycles. The first-order valence-corrected chi connectivity index (χ1v) is 4.10. The summed E-state index contributed by atoms with van der Waals surface area (Å²) in [6, 6.07) is 0. The number of hydrogen-bond acceptors (Lipinski definition) is 4. The van der Waals surface area contributed by atoms with Gasteiger partial charge in [-0.25, -0.2) is 0 Å². The molecule has 78 valence electrons. The van der Waals surface area contributed by atoms with Crippen LogP contribution in [0.4, 0.5) is 0 Å². The summed E-state index contributed by atoms with van der Waals surface area (Å²) in [4.78, 5) is 11.0. The second kappa shape index (κ2) is 8.70. The molecule has 0 amide bonds. The lowest BCUT2D eigenvalue weighted by Gasteiger charge is -2.14. The zero-order valence-electron chi connectivity index (χ0n) is 8.45. The molecule has 0 aromatic heterocycles. The SMILES string of the molecule is CC(=O)O.CCN(C=C(N)N)CC. The van der Waals surface area contributed by atoms with E-state index >= 15 is 0 Å². The highest BCUT2D eigenvalue weighted by molar-refractivity contribution is 5.62. The van der Waals surface area contributed by atoms with Crippen molar-refractivity contribution >= 4 is 5.97 Å². The van der Waals surface area contributed by atoms with Gasteiger partial charge >= 0.3 is 0 Å². The minimum atomic E-state index is -0.833. The zero-order valence-corrected chi connectivity index (χ0v) is 8.45. The van der Waals surface area contributed by atoms with E-state index < -0.39 is 5.97 Å². The first kappa shape index (κ1) is 14.2. The van der Waals surface area contributed by atoms with Crippen LogP contribution < -0.4 is 11.5 Å². The van der Waals surface area contributed by atoms with Crippen molar-refractivity contribution < 1.29 is 9.90 Å². The fraction of sp³-hybridized carbons (Fsp3) is 0.625. The summed E-state index contributed by atoms with van der Waals surface area (Å²) in [5.41, 5.74) is 10.5. The van der Waals surface area contributed by atoms with Crippen LogP contribution in [0.3, 0.4) is 0 Å². The van der Waals surface area contributed by atoms with Crippen molar-refractivity contribution in [2.24, 2.45) is 11.5 Å². The molecule has 5 N–H and O–H groups in total. The Balaban J connectivity index is 0. The summed E-state index contributed by atoms with van der Waals surface area (Å²) in [5, 5.41) is 7.42. The van der Waals surface area contributed by atoms with Gasteiger partial charge in [-0.2, -0.15) is 0 Å².